The second-order valence-electron chi connectivity index (χ2n) is 4.99. The van der Waals surface area contributed by atoms with Crippen LogP contribution in [-0.4, -0.2) is 35.9 Å². The van der Waals surface area contributed by atoms with Crippen LogP contribution in [0.2, 0.25) is 0 Å². The van der Waals surface area contributed by atoms with Gasteiger partial charge in [-0.3, -0.25) is 4.79 Å². The van der Waals surface area contributed by atoms with E-state index in [4.69, 9.17) is 0 Å². The van der Waals surface area contributed by atoms with Crippen molar-refractivity contribution in [3.05, 3.63) is 23.9 Å². The van der Waals surface area contributed by atoms with Crippen LogP contribution < -0.4 is 5.32 Å². The molecule has 1 aliphatic carbocycles. The van der Waals surface area contributed by atoms with Gasteiger partial charge in [-0.15, -0.1) is 0 Å². The molecule has 4 heteroatoms. The van der Waals surface area contributed by atoms with Crippen LogP contribution in [0.3, 0.4) is 0 Å². The Labute approximate surface area is 108 Å². The molecule has 0 saturated heterocycles. The van der Waals surface area contributed by atoms with Crippen LogP contribution in [-0.2, 0) is 0 Å². The van der Waals surface area contributed by atoms with Gasteiger partial charge in [0.2, 0.25) is 0 Å². The zero-order valence-electron chi connectivity index (χ0n) is 11.1. The van der Waals surface area contributed by atoms with E-state index in [2.05, 4.69) is 17.2 Å². The molecule has 1 N–H and O–H groups in total. The van der Waals surface area contributed by atoms with Crippen LogP contribution in [0.15, 0.2) is 18.3 Å². The van der Waals surface area contributed by atoms with Crippen molar-refractivity contribution in [1.29, 1.82) is 0 Å². The van der Waals surface area contributed by atoms with E-state index in [1.165, 1.54) is 12.8 Å². The molecule has 1 aromatic rings. The normalized spacial score (nSPS) is 14.3. The van der Waals surface area contributed by atoms with E-state index in [9.17, 15) is 4.79 Å². The Hall–Kier alpha value is -1.58. The van der Waals surface area contributed by atoms with Crippen molar-refractivity contribution < 1.29 is 4.79 Å². The number of hydrogen-bond acceptors (Lipinski definition) is 3. The van der Waals surface area contributed by atoms with Gasteiger partial charge in [0, 0.05) is 26.3 Å². The van der Waals surface area contributed by atoms with Crippen molar-refractivity contribution >= 4 is 11.7 Å². The van der Waals surface area contributed by atoms with Crippen molar-refractivity contribution in [1.82, 2.24) is 9.88 Å². The molecule has 0 aliphatic heterocycles. The monoisotopic (exact) mass is 247 g/mol. The molecule has 1 fully saturated rings. The van der Waals surface area contributed by atoms with Crippen LogP contribution in [0.4, 0.5) is 5.82 Å². The highest BCUT2D eigenvalue weighted by Gasteiger charge is 2.25. The molecule has 18 heavy (non-hydrogen) atoms. The predicted molar refractivity (Wildman–Crippen MR) is 72.7 cm³/mol. The van der Waals surface area contributed by atoms with Crippen molar-refractivity contribution in [2.24, 2.45) is 5.92 Å². The van der Waals surface area contributed by atoms with E-state index in [-0.39, 0.29) is 5.91 Å². The summed E-state index contributed by atoms with van der Waals surface area (Å²) in [5, 5.41) is 3.20. The second-order valence-corrected chi connectivity index (χ2v) is 4.99. The highest BCUT2D eigenvalue weighted by molar-refractivity contribution is 5.93. The maximum Gasteiger partial charge on any atom is 0.255 e. The SMILES string of the molecule is CCCNc1ccc(C(=O)N(C)CC2CC2)cn1. The Morgan fingerprint density at radius 3 is 2.83 bits per heavy atom. The highest BCUT2D eigenvalue weighted by atomic mass is 16.2. The maximum absolute atomic E-state index is 12.1. The molecule has 1 aliphatic rings. The van der Waals surface area contributed by atoms with E-state index in [0.29, 0.717) is 5.56 Å². The Balaban J connectivity index is 1.92. The predicted octanol–water partition coefficient (Wildman–Crippen LogP) is 2.39. The summed E-state index contributed by atoms with van der Waals surface area (Å²) in [6.45, 7) is 3.88. The molecule has 98 valence electrons. The minimum absolute atomic E-state index is 0.0661. The molecule has 0 unspecified atom stereocenters. The molecule has 1 heterocycles. The van der Waals surface area contributed by atoms with Gasteiger partial charge in [0.1, 0.15) is 5.82 Å². The average molecular weight is 247 g/mol. The summed E-state index contributed by atoms with van der Waals surface area (Å²) in [7, 11) is 1.86. The number of rotatable bonds is 6. The van der Waals surface area contributed by atoms with Crippen molar-refractivity contribution in [2.75, 3.05) is 25.5 Å². The smallest absolute Gasteiger partial charge is 0.255 e. The molecule has 0 radical (unpaired) electrons. The lowest BCUT2D eigenvalue weighted by molar-refractivity contribution is 0.0788. The number of carbonyl (C=O) groups is 1. The van der Waals surface area contributed by atoms with E-state index in [1.54, 1.807) is 11.1 Å². The molecule has 4 nitrogen and oxygen atoms in total. The topological polar surface area (TPSA) is 45.2 Å². The van der Waals surface area contributed by atoms with Gasteiger partial charge in [-0.1, -0.05) is 6.92 Å². The Morgan fingerprint density at radius 1 is 1.50 bits per heavy atom. The van der Waals surface area contributed by atoms with Gasteiger partial charge in [0.25, 0.3) is 5.91 Å². The summed E-state index contributed by atoms with van der Waals surface area (Å²) in [5.41, 5.74) is 0.667. The minimum atomic E-state index is 0.0661. The molecule has 2 rings (SSSR count). The zero-order chi connectivity index (χ0) is 13.0. The van der Waals surface area contributed by atoms with Crippen LogP contribution in [0, 0.1) is 5.92 Å². The Kier molecular flexibility index (Phi) is 4.18. The Morgan fingerprint density at radius 2 is 2.28 bits per heavy atom. The first kappa shape index (κ1) is 12.9. The second kappa shape index (κ2) is 5.85. The van der Waals surface area contributed by atoms with Crippen LogP contribution in [0.1, 0.15) is 36.5 Å². The van der Waals surface area contributed by atoms with Crippen molar-refractivity contribution in [3.8, 4) is 0 Å². The van der Waals surface area contributed by atoms with Crippen LogP contribution >= 0.6 is 0 Å². The standard InChI is InChI=1S/C14H21N3O/c1-3-8-15-13-7-6-12(9-16-13)14(18)17(2)10-11-4-5-11/h6-7,9,11H,3-5,8,10H2,1-2H3,(H,15,16). The largest absolute Gasteiger partial charge is 0.370 e. The van der Waals surface area contributed by atoms with Gasteiger partial charge in [-0.25, -0.2) is 4.98 Å². The first-order valence-electron chi connectivity index (χ1n) is 6.66. The molecule has 1 amide bonds. The third-order valence-electron chi connectivity index (χ3n) is 3.14. The van der Waals surface area contributed by atoms with Gasteiger partial charge in [0.15, 0.2) is 0 Å². The van der Waals surface area contributed by atoms with E-state index >= 15 is 0 Å². The molecule has 1 saturated carbocycles. The van der Waals surface area contributed by atoms with E-state index in [0.717, 1.165) is 31.2 Å². The van der Waals surface area contributed by atoms with Crippen molar-refractivity contribution in [3.63, 3.8) is 0 Å². The first-order chi connectivity index (χ1) is 8.70. The molecular formula is C14H21N3O. The van der Waals surface area contributed by atoms with E-state index < -0.39 is 0 Å². The zero-order valence-corrected chi connectivity index (χ0v) is 11.1. The quantitative estimate of drug-likeness (QED) is 0.839. The summed E-state index contributed by atoms with van der Waals surface area (Å²) in [5.74, 6) is 1.62. The van der Waals surface area contributed by atoms with Gasteiger partial charge < -0.3 is 10.2 Å². The number of nitrogens with one attached hydrogen (secondary N) is 1. The Bertz CT molecular complexity index is 398. The molecule has 0 atom stereocenters. The highest BCUT2D eigenvalue weighted by Crippen LogP contribution is 2.29. The summed E-state index contributed by atoms with van der Waals surface area (Å²) in [4.78, 5) is 18.2. The minimum Gasteiger partial charge on any atom is -0.370 e. The van der Waals surface area contributed by atoms with Gasteiger partial charge in [0.05, 0.1) is 5.56 Å². The lowest BCUT2D eigenvalue weighted by Gasteiger charge is -2.16. The summed E-state index contributed by atoms with van der Waals surface area (Å²) >= 11 is 0. The third-order valence-corrected chi connectivity index (χ3v) is 3.14. The number of pyridine rings is 1. The third kappa shape index (κ3) is 3.45. The molecule has 0 bridgehead atoms. The molecule has 1 aromatic heterocycles. The summed E-state index contributed by atoms with van der Waals surface area (Å²) < 4.78 is 0. The molecule has 0 aromatic carbocycles. The molecule has 0 spiro atoms. The fraction of sp³-hybridized carbons (Fsp3) is 0.571. The number of nitrogens with zero attached hydrogens (tertiary/aromatic N) is 2. The van der Waals surface area contributed by atoms with E-state index in [1.807, 2.05) is 19.2 Å². The average Bonchev–Trinajstić information content (AvgIpc) is 3.20. The van der Waals surface area contributed by atoms with Crippen LogP contribution in [0.5, 0.6) is 0 Å². The lowest BCUT2D eigenvalue weighted by atomic mass is 10.2. The van der Waals surface area contributed by atoms with Gasteiger partial charge in [-0.05, 0) is 37.3 Å². The fourth-order valence-corrected chi connectivity index (χ4v) is 1.87. The van der Waals surface area contributed by atoms with Crippen LogP contribution in [0.25, 0.3) is 0 Å². The van der Waals surface area contributed by atoms with Gasteiger partial charge >= 0.3 is 0 Å². The number of hydrogen-bond donors (Lipinski definition) is 1. The van der Waals surface area contributed by atoms with Crippen molar-refractivity contribution in [2.45, 2.75) is 26.2 Å². The number of carbonyl (C=O) groups excluding carboxylic acids is 1. The fourth-order valence-electron chi connectivity index (χ4n) is 1.87. The first-order valence-corrected chi connectivity index (χ1v) is 6.66. The summed E-state index contributed by atoms with van der Waals surface area (Å²) in [6.07, 6.45) is 5.24. The maximum atomic E-state index is 12.1. The lowest BCUT2D eigenvalue weighted by Crippen LogP contribution is -2.28. The molecular weight excluding hydrogens is 226 g/mol. The number of anilines is 1. The summed E-state index contributed by atoms with van der Waals surface area (Å²) in [6, 6.07) is 3.71. The number of amides is 1. The van der Waals surface area contributed by atoms with Gasteiger partial charge in [-0.2, -0.15) is 0 Å². The number of aromatic nitrogens is 1.